The SMILES string of the molecule is CC(C)=C/C(=C\Cc1cccc2c1oc1ccccc12)c1ccc(N(c2ccc(-c3ccccc3)cc2)c2ccc(-c3ccccc3)cc2)cc1.c1ccc(-c2ccccc2)cc1. The van der Waals surface area contributed by atoms with Crippen molar-refractivity contribution in [2.24, 2.45) is 0 Å². The van der Waals surface area contributed by atoms with Gasteiger partial charge in [-0.3, -0.25) is 0 Å². The summed E-state index contributed by atoms with van der Waals surface area (Å²) < 4.78 is 6.34. The Bertz CT molecular complexity index is 2970. The maximum absolute atomic E-state index is 6.34. The predicted octanol–water partition coefficient (Wildman–Crippen LogP) is 17.3. The van der Waals surface area contributed by atoms with E-state index in [2.05, 4.69) is 243 Å². The van der Waals surface area contributed by atoms with E-state index in [9.17, 15) is 0 Å². The summed E-state index contributed by atoms with van der Waals surface area (Å²) >= 11 is 0. The van der Waals surface area contributed by atoms with E-state index in [0.717, 1.165) is 40.0 Å². The lowest BCUT2D eigenvalue weighted by Gasteiger charge is -2.26. The Kier molecular flexibility index (Phi) is 12.3. The summed E-state index contributed by atoms with van der Waals surface area (Å²) in [5, 5.41) is 2.32. The van der Waals surface area contributed by atoms with Gasteiger partial charge >= 0.3 is 0 Å². The van der Waals surface area contributed by atoms with E-state index in [0.29, 0.717) is 0 Å². The monoisotopic (exact) mass is 811 g/mol. The van der Waals surface area contributed by atoms with Gasteiger partial charge in [0.25, 0.3) is 0 Å². The normalized spacial score (nSPS) is 11.2. The third kappa shape index (κ3) is 9.52. The molecule has 1 heterocycles. The van der Waals surface area contributed by atoms with Crippen LogP contribution < -0.4 is 4.90 Å². The van der Waals surface area contributed by atoms with Gasteiger partial charge in [-0.2, -0.15) is 0 Å². The van der Waals surface area contributed by atoms with E-state index in [1.807, 2.05) is 24.3 Å². The summed E-state index contributed by atoms with van der Waals surface area (Å²) in [6.45, 7) is 4.31. The number of fused-ring (bicyclic) bond motifs is 3. The molecule has 0 aliphatic heterocycles. The van der Waals surface area contributed by atoms with E-state index in [4.69, 9.17) is 4.42 Å². The molecule has 10 rings (SSSR count). The summed E-state index contributed by atoms with van der Waals surface area (Å²) in [5.41, 5.74) is 17.4. The topological polar surface area (TPSA) is 16.4 Å². The summed E-state index contributed by atoms with van der Waals surface area (Å²) in [7, 11) is 0. The zero-order chi connectivity index (χ0) is 42.8. The average molecular weight is 812 g/mol. The molecule has 0 N–H and O–H groups in total. The number of benzene rings is 9. The molecule has 0 radical (unpaired) electrons. The van der Waals surface area contributed by atoms with Crippen LogP contribution in [0, 0.1) is 0 Å². The highest BCUT2D eigenvalue weighted by Crippen LogP contribution is 2.38. The molecule has 0 saturated carbocycles. The first kappa shape index (κ1) is 40.5. The fourth-order valence-corrected chi connectivity index (χ4v) is 8.14. The first-order chi connectivity index (χ1) is 31.1. The van der Waals surface area contributed by atoms with Gasteiger partial charge in [0.2, 0.25) is 0 Å². The van der Waals surface area contributed by atoms with Crippen molar-refractivity contribution in [1.29, 1.82) is 0 Å². The molecule has 0 unspecified atom stereocenters. The molecule has 2 nitrogen and oxygen atoms in total. The Morgan fingerprint density at radius 2 is 0.794 bits per heavy atom. The van der Waals surface area contributed by atoms with Crippen LogP contribution in [0.2, 0.25) is 0 Å². The Hall–Kier alpha value is -7.94. The van der Waals surface area contributed by atoms with Gasteiger partial charge in [0.05, 0.1) is 0 Å². The molecule has 0 spiro atoms. The zero-order valence-corrected chi connectivity index (χ0v) is 35.7. The lowest BCUT2D eigenvalue weighted by atomic mass is 9.99. The van der Waals surface area contributed by atoms with Crippen LogP contribution in [0.1, 0.15) is 25.0 Å². The molecule has 0 aliphatic carbocycles. The van der Waals surface area contributed by atoms with Crippen molar-refractivity contribution in [3.05, 3.63) is 265 Å². The molecule has 0 saturated heterocycles. The smallest absolute Gasteiger partial charge is 0.138 e. The van der Waals surface area contributed by atoms with Gasteiger partial charge in [-0.15, -0.1) is 0 Å². The average Bonchev–Trinajstić information content (AvgIpc) is 3.74. The van der Waals surface area contributed by atoms with Crippen LogP contribution in [0.15, 0.2) is 259 Å². The van der Waals surface area contributed by atoms with Crippen LogP contribution >= 0.6 is 0 Å². The lowest BCUT2D eigenvalue weighted by Crippen LogP contribution is -2.10. The third-order valence-corrected chi connectivity index (χ3v) is 11.3. The van der Waals surface area contributed by atoms with Crippen molar-refractivity contribution in [2.45, 2.75) is 20.3 Å². The molecule has 9 aromatic carbocycles. The van der Waals surface area contributed by atoms with E-state index in [1.54, 1.807) is 0 Å². The van der Waals surface area contributed by atoms with Crippen molar-refractivity contribution in [2.75, 3.05) is 4.90 Å². The van der Waals surface area contributed by atoms with Crippen LogP contribution in [-0.4, -0.2) is 0 Å². The van der Waals surface area contributed by atoms with Gasteiger partial charge in [-0.25, -0.2) is 0 Å². The summed E-state index contributed by atoms with van der Waals surface area (Å²) in [5.74, 6) is 0. The first-order valence-corrected chi connectivity index (χ1v) is 21.6. The summed E-state index contributed by atoms with van der Waals surface area (Å²) in [6.07, 6.45) is 5.37. The van der Waals surface area contributed by atoms with Crippen LogP contribution in [0.3, 0.4) is 0 Å². The van der Waals surface area contributed by atoms with Crippen LogP contribution in [0.25, 0.3) is 60.9 Å². The predicted molar refractivity (Wildman–Crippen MR) is 269 cm³/mol. The fourth-order valence-electron chi connectivity index (χ4n) is 8.14. The molecule has 0 atom stereocenters. The van der Waals surface area contributed by atoms with E-state index in [1.165, 1.54) is 61.0 Å². The van der Waals surface area contributed by atoms with Crippen LogP contribution in [0.4, 0.5) is 17.1 Å². The van der Waals surface area contributed by atoms with E-state index < -0.39 is 0 Å². The minimum Gasteiger partial charge on any atom is -0.456 e. The maximum atomic E-state index is 6.34. The quantitative estimate of drug-likeness (QED) is 0.128. The Labute approximate surface area is 371 Å². The Balaban J connectivity index is 0.000000361. The molecule has 0 aliphatic rings. The molecule has 0 fully saturated rings. The minimum atomic E-state index is 0.770. The lowest BCUT2D eigenvalue weighted by molar-refractivity contribution is 0.664. The number of anilines is 3. The molecule has 2 heteroatoms. The van der Waals surface area contributed by atoms with Gasteiger partial charge in [-0.1, -0.05) is 212 Å². The Morgan fingerprint density at radius 1 is 0.397 bits per heavy atom. The Morgan fingerprint density at radius 3 is 1.25 bits per heavy atom. The van der Waals surface area contributed by atoms with Crippen LogP contribution in [0.5, 0.6) is 0 Å². The molecule has 63 heavy (non-hydrogen) atoms. The number of allylic oxidation sites excluding steroid dienone is 4. The third-order valence-electron chi connectivity index (χ3n) is 11.3. The zero-order valence-electron chi connectivity index (χ0n) is 35.7. The number of hydrogen-bond donors (Lipinski definition) is 0. The minimum absolute atomic E-state index is 0.770. The van der Waals surface area contributed by atoms with Crippen molar-refractivity contribution in [1.82, 2.24) is 0 Å². The molecule has 304 valence electrons. The van der Waals surface area contributed by atoms with Gasteiger partial charge in [0.1, 0.15) is 11.2 Å². The molecular weight excluding hydrogens is 763 g/mol. The number of nitrogens with zero attached hydrogens (tertiary/aromatic N) is 1. The number of para-hydroxylation sites is 2. The van der Waals surface area contributed by atoms with Gasteiger partial charge in [0.15, 0.2) is 0 Å². The van der Waals surface area contributed by atoms with Gasteiger partial charge in [-0.05, 0) is 113 Å². The van der Waals surface area contributed by atoms with Gasteiger partial charge in [0, 0.05) is 27.8 Å². The molecule has 10 aromatic rings. The maximum Gasteiger partial charge on any atom is 0.138 e. The van der Waals surface area contributed by atoms with Crippen molar-refractivity contribution >= 4 is 44.6 Å². The molecular formula is C61H49NO. The van der Waals surface area contributed by atoms with Gasteiger partial charge < -0.3 is 9.32 Å². The first-order valence-electron chi connectivity index (χ1n) is 21.6. The van der Waals surface area contributed by atoms with E-state index >= 15 is 0 Å². The van der Waals surface area contributed by atoms with Crippen LogP contribution in [-0.2, 0) is 6.42 Å². The highest BCUT2D eigenvalue weighted by Gasteiger charge is 2.15. The number of furan rings is 1. The largest absolute Gasteiger partial charge is 0.456 e. The highest BCUT2D eigenvalue weighted by atomic mass is 16.3. The number of rotatable bonds is 10. The molecule has 0 amide bonds. The van der Waals surface area contributed by atoms with Crippen molar-refractivity contribution in [3.63, 3.8) is 0 Å². The standard InChI is InChI=1S/C49H39NO.C12H10/c1-35(2)34-42(21-20-41-16-11-18-47-46-17-9-10-19-48(46)51-49(41)47)40-26-32-45(33-27-40)50(43-28-22-38(23-29-43)36-12-5-3-6-13-36)44-30-24-39(25-31-44)37-14-7-4-8-15-37;1-3-7-11(8-4-1)12-9-5-2-6-10-12/h3-19,21-34H,20H2,1-2H3;1-10H/b42-21+;. The number of hydrogen-bond acceptors (Lipinski definition) is 2. The second kappa shape index (κ2) is 19.2. The summed E-state index contributed by atoms with van der Waals surface area (Å²) in [6, 6.07) is 83.3. The van der Waals surface area contributed by atoms with Crippen molar-refractivity contribution in [3.8, 4) is 33.4 Å². The van der Waals surface area contributed by atoms with Crippen molar-refractivity contribution < 1.29 is 4.42 Å². The highest BCUT2D eigenvalue weighted by molar-refractivity contribution is 6.05. The molecule has 1 aromatic heterocycles. The second-order valence-electron chi connectivity index (χ2n) is 15.9. The fraction of sp³-hybridized carbons (Fsp3) is 0.0492. The van der Waals surface area contributed by atoms with E-state index in [-0.39, 0.29) is 0 Å². The molecule has 0 bridgehead atoms. The second-order valence-corrected chi connectivity index (χ2v) is 15.9. The summed E-state index contributed by atoms with van der Waals surface area (Å²) in [4.78, 5) is 2.33.